The Bertz CT molecular complexity index is 280. The van der Waals surface area contributed by atoms with Crippen LogP contribution in [0.25, 0.3) is 0 Å². The van der Waals surface area contributed by atoms with Gasteiger partial charge in [-0.2, -0.15) is 0 Å². The normalized spacial score (nSPS) is 12.6. The van der Waals surface area contributed by atoms with Crippen molar-refractivity contribution in [2.24, 2.45) is 0 Å². The van der Waals surface area contributed by atoms with Crippen LogP contribution in [-0.4, -0.2) is 79.8 Å². The zero-order valence-electron chi connectivity index (χ0n) is 18.5. The third-order valence-corrected chi connectivity index (χ3v) is 3.48. The third-order valence-electron chi connectivity index (χ3n) is 3.48. The fourth-order valence-electron chi connectivity index (χ4n) is 1.59. The van der Waals surface area contributed by atoms with Crippen molar-refractivity contribution in [1.82, 2.24) is 0 Å². The van der Waals surface area contributed by atoms with Crippen molar-refractivity contribution in [1.29, 1.82) is 0 Å². The van der Waals surface area contributed by atoms with Gasteiger partial charge in [-0.05, 0) is 19.3 Å². The van der Waals surface area contributed by atoms with Crippen LogP contribution in [0.3, 0.4) is 0 Å². The minimum Gasteiger partial charge on any atom is -0.478 e. The molecule has 3 unspecified atom stereocenters. The minimum absolute atomic E-state index is 0.0972. The van der Waals surface area contributed by atoms with E-state index >= 15 is 0 Å². The molecule has 0 spiro atoms. The second kappa shape index (κ2) is 31.7. The number of aliphatic carboxylic acids is 1. The highest BCUT2D eigenvalue weighted by molar-refractivity contribution is 5.78. The molecule has 7 N–H and O–H groups in total. The maximum absolute atomic E-state index is 9.25. The monoisotopic (exact) mass is 426 g/mol. The lowest BCUT2D eigenvalue weighted by atomic mass is 10.2. The lowest BCUT2D eigenvalue weighted by molar-refractivity contribution is -0.131. The molecule has 0 radical (unpaired) electrons. The van der Waals surface area contributed by atoms with Crippen LogP contribution in [0, 0.1) is 0 Å². The molecule has 8 nitrogen and oxygen atoms in total. The summed E-state index contributed by atoms with van der Waals surface area (Å²) in [6.45, 7) is 8.85. The average molecular weight is 427 g/mol. The Morgan fingerprint density at radius 3 is 1.03 bits per heavy atom. The summed E-state index contributed by atoms with van der Waals surface area (Å²) in [7, 11) is 0. The van der Waals surface area contributed by atoms with E-state index in [4.69, 9.17) is 35.7 Å². The van der Waals surface area contributed by atoms with Crippen LogP contribution in [0.5, 0.6) is 0 Å². The molecule has 178 valence electrons. The zero-order valence-corrected chi connectivity index (χ0v) is 18.5. The molecule has 0 bridgehead atoms. The van der Waals surface area contributed by atoms with Gasteiger partial charge in [0.05, 0.1) is 38.1 Å². The van der Waals surface area contributed by atoms with Crippen LogP contribution in [0.15, 0.2) is 12.7 Å². The highest BCUT2D eigenvalue weighted by atomic mass is 16.4. The minimum atomic E-state index is -0.981. The number of carboxylic acid groups (broad SMARTS) is 1. The smallest absolute Gasteiger partial charge is 0.327 e. The first-order chi connectivity index (χ1) is 13.7. The summed E-state index contributed by atoms with van der Waals surface area (Å²) in [5, 5.41) is 58.8. The van der Waals surface area contributed by atoms with Crippen LogP contribution >= 0.6 is 0 Å². The summed E-state index contributed by atoms with van der Waals surface area (Å²) in [4.78, 5) is 9.25. The standard InChI is InChI=1S/3C6H14O2.C3H4O2/c3*1-2-3-4-6(8)5-7;1-2-3(4)5/h3*6-8H,2-5H2,1H3;2H,1H2,(H,4,5). The number of carboxylic acids is 1. The fourth-order valence-corrected chi connectivity index (χ4v) is 1.59. The summed E-state index contributed by atoms with van der Waals surface area (Å²) < 4.78 is 0. The van der Waals surface area contributed by atoms with Gasteiger partial charge in [-0.25, -0.2) is 4.79 Å². The molecule has 0 saturated heterocycles. The van der Waals surface area contributed by atoms with Gasteiger partial charge in [-0.1, -0.05) is 65.9 Å². The molecule has 0 fully saturated rings. The maximum Gasteiger partial charge on any atom is 0.327 e. The number of rotatable bonds is 13. The molecular weight excluding hydrogens is 380 g/mol. The summed E-state index contributed by atoms with van der Waals surface area (Å²) in [5.41, 5.74) is 0. The van der Waals surface area contributed by atoms with E-state index in [0.29, 0.717) is 0 Å². The van der Waals surface area contributed by atoms with Crippen LogP contribution in [-0.2, 0) is 4.79 Å². The quantitative estimate of drug-likeness (QED) is 0.220. The van der Waals surface area contributed by atoms with E-state index < -0.39 is 24.3 Å². The van der Waals surface area contributed by atoms with E-state index in [1.165, 1.54) is 0 Å². The van der Waals surface area contributed by atoms with Gasteiger partial charge in [0.15, 0.2) is 0 Å². The van der Waals surface area contributed by atoms with E-state index in [0.717, 1.165) is 63.9 Å². The molecule has 29 heavy (non-hydrogen) atoms. The molecule has 0 aromatic rings. The van der Waals surface area contributed by atoms with Crippen molar-refractivity contribution in [3.05, 3.63) is 12.7 Å². The number of unbranched alkanes of at least 4 members (excludes halogenated alkanes) is 3. The first-order valence-electron chi connectivity index (χ1n) is 10.4. The van der Waals surface area contributed by atoms with Crippen molar-refractivity contribution < 1.29 is 40.5 Å². The summed E-state index contributed by atoms with van der Waals surface area (Å²) >= 11 is 0. The molecule has 0 amide bonds. The first-order valence-corrected chi connectivity index (χ1v) is 10.4. The van der Waals surface area contributed by atoms with Crippen molar-refractivity contribution in [2.75, 3.05) is 19.8 Å². The van der Waals surface area contributed by atoms with Gasteiger partial charge in [0.2, 0.25) is 0 Å². The highest BCUT2D eigenvalue weighted by Crippen LogP contribution is 1.99. The number of carbonyl (C=O) groups is 1. The molecule has 8 heteroatoms. The van der Waals surface area contributed by atoms with Crippen molar-refractivity contribution in [2.45, 2.75) is 96.9 Å². The Morgan fingerprint density at radius 1 is 0.724 bits per heavy atom. The maximum atomic E-state index is 9.25. The van der Waals surface area contributed by atoms with E-state index in [9.17, 15) is 4.79 Å². The molecule has 0 aliphatic rings. The number of hydrogen-bond acceptors (Lipinski definition) is 7. The lowest BCUT2D eigenvalue weighted by Gasteiger charge is -2.02. The zero-order chi connectivity index (χ0) is 23.5. The number of hydrogen-bond donors (Lipinski definition) is 7. The van der Waals surface area contributed by atoms with E-state index in [1.54, 1.807) is 0 Å². The Balaban J connectivity index is -0.000000146. The van der Waals surface area contributed by atoms with Gasteiger partial charge in [0.1, 0.15) is 0 Å². The van der Waals surface area contributed by atoms with E-state index in [2.05, 4.69) is 27.4 Å². The fraction of sp³-hybridized carbons (Fsp3) is 0.857. The van der Waals surface area contributed by atoms with Gasteiger partial charge in [-0.3, -0.25) is 0 Å². The Kier molecular flexibility index (Phi) is 38.7. The molecule has 0 heterocycles. The SMILES string of the molecule is C=CC(=O)O.CCCCC(O)CO.CCCCC(O)CO.CCCCC(O)CO. The molecule has 3 atom stereocenters. The van der Waals surface area contributed by atoms with Gasteiger partial charge in [0, 0.05) is 6.08 Å². The highest BCUT2D eigenvalue weighted by Gasteiger charge is 1.99. The molecule has 0 aliphatic heterocycles. The van der Waals surface area contributed by atoms with Crippen LogP contribution in [0.2, 0.25) is 0 Å². The predicted octanol–water partition coefficient (Wildman–Crippen LogP) is 1.85. The second-order valence-electron chi connectivity index (χ2n) is 6.48. The molecule has 0 saturated carbocycles. The molecule has 0 aromatic heterocycles. The largest absolute Gasteiger partial charge is 0.478 e. The van der Waals surface area contributed by atoms with Gasteiger partial charge >= 0.3 is 5.97 Å². The van der Waals surface area contributed by atoms with Crippen LogP contribution in [0.4, 0.5) is 0 Å². The second-order valence-corrected chi connectivity index (χ2v) is 6.48. The van der Waals surface area contributed by atoms with Crippen molar-refractivity contribution in [3.63, 3.8) is 0 Å². The van der Waals surface area contributed by atoms with Crippen molar-refractivity contribution in [3.8, 4) is 0 Å². The van der Waals surface area contributed by atoms with E-state index in [1.807, 2.05) is 0 Å². The van der Waals surface area contributed by atoms with Gasteiger partial charge in [0.25, 0.3) is 0 Å². The predicted molar refractivity (Wildman–Crippen MR) is 116 cm³/mol. The molecule has 0 aliphatic carbocycles. The molecule has 0 aromatic carbocycles. The van der Waals surface area contributed by atoms with Gasteiger partial charge in [-0.15, -0.1) is 0 Å². The van der Waals surface area contributed by atoms with E-state index in [-0.39, 0.29) is 19.8 Å². The topological polar surface area (TPSA) is 159 Å². The van der Waals surface area contributed by atoms with Crippen LogP contribution in [0.1, 0.15) is 78.6 Å². The third kappa shape index (κ3) is 46.7. The molecular formula is C21H46O8. The summed E-state index contributed by atoms with van der Waals surface area (Å²) in [6.07, 6.45) is 7.79. The van der Waals surface area contributed by atoms with Gasteiger partial charge < -0.3 is 35.7 Å². The van der Waals surface area contributed by atoms with Crippen LogP contribution < -0.4 is 0 Å². The summed E-state index contributed by atoms with van der Waals surface area (Å²) in [6, 6.07) is 0. The summed E-state index contributed by atoms with van der Waals surface area (Å²) in [5.74, 6) is -0.981. The Labute approximate surface area is 176 Å². The number of aliphatic hydroxyl groups excluding tert-OH is 6. The lowest BCUT2D eigenvalue weighted by Crippen LogP contribution is -2.10. The first kappa shape index (κ1) is 35.4. The Morgan fingerprint density at radius 2 is 0.931 bits per heavy atom. The Hall–Kier alpha value is -1.03. The average Bonchev–Trinajstić information content (AvgIpc) is 2.74. The number of aliphatic hydroxyl groups is 6. The molecule has 0 rings (SSSR count). The van der Waals surface area contributed by atoms with Crippen molar-refractivity contribution >= 4 is 5.97 Å².